The molecule has 4 aromatic rings. The molecule has 0 saturated carbocycles. The summed E-state index contributed by atoms with van der Waals surface area (Å²) in [5.41, 5.74) is 2.71. The zero-order valence-electron chi connectivity index (χ0n) is 14.8. The molecule has 0 aliphatic heterocycles. The molecular formula is C19H17N5O2S. The minimum Gasteiger partial charge on any atom is -0.378 e. The highest BCUT2D eigenvalue weighted by molar-refractivity contribution is 7.13. The average Bonchev–Trinajstić information content (AvgIpc) is 3.10. The summed E-state index contributed by atoms with van der Waals surface area (Å²) in [4.78, 5) is 34.5. The van der Waals surface area contributed by atoms with E-state index in [1.165, 1.54) is 4.57 Å². The first-order chi connectivity index (χ1) is 13.0. The van der Waals surface area contributed by atoms with Gasteiger partial charge in [-0.05, 0) is 41.4 Å². The Bertz CT molecular complexity index is 1210. The molecule has 0 saturated heterocycles. The largest absolute Gasteiger partial charge is 0.378 e. The lowest BCUT2D eigenvalue weighted by Gasteiger charge is -2.13. The number of hydrogen-bond acceptors (Lipinski definition) is 6. The van der Waals surface area contributed by atoms with Crippen molar-refractivity contribution < 1.29 is 0 Å². The van der Waals surface area contributed by atoms with Crippen LogP contribution in [0.25, 0.3) is 21.6 Å². The maximum Gasteiger partial charge on any atom is 0.329 e. The van der Waals surface area contributed by atoms with E-state index in [-0.39, 0.29) is 12.1 Å². The van der Waals surface area contributed by atoms with E-state index in [2.05, 4.69) is 14.3 Å². The van der Waals surface area contributed by atoms with Gasteiger partial charge in [-0.25, -0.2) is 4.79 Å². The summed E-state index contributed by atoms with van der Waals surface area (Å²) in [6.45, 7) is 0.203. The topological polar surface area (TPSA) is 83.9 Å². The Kier molecular flexibility index (Phi) is 4.33. The van der Waals surface area contributed by atoms with Crippen molar-refractivity contribution in [2.45, 2.75) is 6.54 Å². The van der Waals surface area contributed by atoms with E-state index in [1.54, 1.807) is 18.3 Å². The lowest BCUT2D eigenvalue weighted by Crippen LogP contribution is -2.34. The van der Waals surface area contributed by atoms with Crippen LogP contribution < -0.4 is 16.1 Å². The molecule has 0 aliphatic rings. The molecule has 0 atom stereocenters. The van der Waals surface area contributed by atoms with Crippen molar-refractivity contribution in [3.8, 4) is 11.4 Å². The number of aromatic nitrogens is 4. The quantitative estimate of drug-likeness (QED) is 0.588. The van der Waals surface area contributed by atoms with Gasteiger partial charge in [-0.2, -0.15) is 4.37 Å². The van der Waals surface area contributed by atoms with Gasteiger partial charge in [0.1, 0.15) is 10.4 Å². The summed E-state index contributed by atoms with van der Waals surface area (Å²) in [6.07, 6.45) is 1.65. The highest BCUT2D eigenvalue weighted by Gasteiger charge is 2.16. The van der Waals surface area contributed by atoms with Gasteiger partial charge in [0.2, 0.25) is 0 Å². The fraction of sp³-hybridized carbons (Fsp3) is 0.158. The summed E-state index contributed by atoms with van der Waals surface area (Å²) in [6, 6.07) is 13.2. The zero-order valence-corrected chi connectivity index (χ0v) is 15.7. The molecule has 0 spiro atoms. The van der Waals surface area contributed by atoms with Crippen LogP contribution in [-0.4, -0.2) is 33.0 Å². The van der Waals surface area contributed by atoms with Gasteiger partial charge < -0.3 is 9.88 Å². The number of pyridine rings is 1. The predicted molar refractivity (Wildman–Crippen MR) is 108 cm³/mol. The van der Waals surface area contributed by atoms with E-state index in [4.69, 9.17) is 0 Å². The van der Waals surface area contributed by atoms with Gasteiger partial charge in [-0.3, -0.25) is 14.3 Å². The first kappa shape index (κ1) is 17.2. The Morgan fingerprint density at radius 1 is 1.11 bits per heavy atom. The second-order valence-corrected chi connectivity index (χ2v) is 7.11. The van der Waals surface area contributed by atoms with Crippen molar-refractivity contribution in [2.24, 2.45) is 0 Å². The molecule has 0 amide bonds. The van der Waals surface area contributed by atoms with Crippen molar-refractivity contribution in [3.63, 3.8) is 0 Å². The third-order valence-electron chi connectivity index (χ3n) is 4.31. The van der Waals surface area contributed by atoms with Crippen molar-refractivity contribution in [3.05, 3.63) is 75.1 Å². The highest BCUT2D eigenvalue weighted by atomic mass is 32.1. The molecule has 0 radical (unpaired) electrons. The number of hydrogen-bond donors (Lipinski definition) is 1. The Balaban J connectivity index is 1.77. The van der Waals surface area contributed by atoms with E-state index >= 15 is 0 Å². The number of H-pyrrole nitrogens is 1. The molecule has 0 bridgehead atoms. The maximum absolute atomic E-state index is 12.9. The lowest BCUT2D eigenvalue weighted by atomic mass is 10.2. The maximum atomic E-state index is 12.9. The normalized spacial score (nSPS) is 11.0. The Labute approximate surface area is 158 Å². The van der Waals surface area contributed by atoms with Crippen molar-refractivity contribution in [1.29, 1.82) is 0 Å². The SMILES string of the molecule is CN(C)c1ccc(Cn2c(=O)[nH]c3c(-c4ccccn4)nsc3c2=O)cc1. The summed E-state index contributed by atoms with van der Waals surface area (Å²) in [5, 5.41) is 0. The molecule has 0 aliphatic carbocycles. The van der Waals surface area contributed by atoms with Crippen LogP contribution in [-0.2, 0) is 6.54 Å². The molecule has 1 aromatic carbocycles. The molecule has 3 aromatic heterocycles. The molecule has 0 fully saturated rings. The Morgan fingerprint density at radius 3 is 2.56 bits per heavy atom. The van der Waals surface area contributed by atoms with Gasteiger partial charge in [0.05, 0.1) is 17.8 Å². The predicted octanol–water partition coefficient (Wildman–Crippen LogP) is 2.32. The van der Waals surface area contributed by atoms with Gasteiger partial charge >= 0.3 is 5.69 Å². The van der Waals surface area contributed by atoms with Crippen LogP contribution in [0.15, 0.2) is 58.3 Å². The standard InChI is InChI=1S/C19H17N5O2S/c1-23(2)13-8-6-12(7-9-13)11-24-18(25)17-16(21-19(24)26)15(22-27-17)14-5-3-4-10-20-14/h3-10H,11H2,1-2H3,(H,21,26). The van der Waals surface area contributed by atoms with Gasteiger partial charge in [0.15, 0.2) is 0 Å². The number of nitrogens with zero attached hydrogens (tertiary/aromatic N) is 4. The van der Waals surface area contributed by atoms with Gasteiger partial charge in [-0.1, -0.05) is 18.2 Å². The zero-order chi connectivity index (χ0) is 19.0. The van der Waals surface area contributed by atoms with Gasteiger partial charge in [0, 0.05) is 26.0 Å². The van der Waals surface area contributed by atoms with Crippen LogP contribution in [0.2, 0.25) is 0 Å². The Hall–Kier alpha value is -3.26. The fourth-order valence-electron chi connectivity index (χ4n) is 2.84. The van der Waals surface area contributed by atoms with Crippen LogP contribution in [0.5, 0.6) is 0 Å². The van der Waals surface area contributed by atoms with Crippen LogP contribution in [0.1, 0.15) is 5.56 Å². The lowest BCUT2D eigenvalue weighted by molar-refractivity contribution is 0.713. The molecule has 7 nitrogen and oxygen atoms in total. The minimum absolute atomic E-state index is 0.203. The number of rotatable bonds is 4. The van der Waals surface area contributed by atoms with Crippen LogP contribution >= 0.6 is 11.5 Å². The second kappa shape index (κ2) is 6.81. The molecule has 8 heteroatoms. The third kappa shape index (κ3) is 3.15. The monoisotopic (exact) mass is 379 g/mol. The molecular weight excluding hydrogens is 362 g/mol. The van der Waals surface area contributed by atoms with Crippen molar-refractivity contribution in [2.75, 3.05) is 19.0 Å². The highest BCUT2D eigenvalue weighted by Crippen LogP contribution is 2.24. The summed E-state index contributed by atoms with van der Waals surface area (Å²) in [7, 11) is 3.92. The van der Waals surface area contributed by atoms with Crippen LogP contribution in [0, 0.1) is 0 Å². The van der Waals surface area contributed by atoms with Crippen molar-refractivity contribution in [1.82, 2.24) is 18.9 Å². The van der Waals surface area contributed by atoms with Crippen LogP contribution in [0.4, 0.5) is 5.69 Å². The second-order valence-electron chi connectivity index (χ2n) is 6.33. The first-order valence-corrected chi connectivity index (χ1v) is 9.12. The number of anilines is 1. The van der Waals surface area contributed by atoms with E-state index in [1.807, 2.05) is 49.3 Å². The summed E-state index contributed by atoms with van der Waals surface area (Å²) < 4.78 is 5.96. The summed E-state index contributed by atoms with van der Waals surface area (Å²) >= 11 is 1.08. The smallest absolute Gasteiger partial charge is 0.329 e. The number of nitrogens with one attached hydrogen (secondary N) is 1. The molecule has 27 heavy (non-hydrogen) atoms. The van der Waals surface area contributed by atoms with Crippen molar-refractivity contribution >= 4 is 27.4 Å². The summed E-state index contributed by atoms with van der Waals surface area (Å²) in [5.74, 6) is 0. The van der Waals surface area contributed by atoms with Crippen LogP contribution in [0.3, 0.4) is 0 Å². The molecule has 0 unspecified atom stereocenters. The average molecular weight is 379 g/mol. The minimum atomic E-state index is -0.457. The third-order valence-corrected chi connectivity index (χ3v) is 5.14. The van der Waals surface area contributed by atoms with E-state index < -0.39 is 5.69 Å². The fourth-order valence-corrected chi connectivity index (χ4v) is 3.64. The van der Waals surface area contributed by atoms with Gasteiger partial charge in [-0.15, -0.1) is 0 Å². The number of benzene rings is 1. The molecule has 136 valence electrons. The van der Waals surface area contributed by atoms with E-state index in [0.29, 0.717) is 21.6 Å². The Morgan fingerprint density at radius 2 is 1.89 bits per heavy atom. The number of fused-ring (bicyclic) bond motifs is 1. The number of aromatic amines is 1. The molecule has 3 heterocycles. The van der Waals surface area contributed by atoms with E-state index in [9.17, 15) is 9.59 Å². The van der Waals surface area contributed by atoms with E-state index in [0.717, 1.165) is 22.8 Å². The molecule has 1 N–H and O–H groups in total. The molecule has 4 rings (SSSR count). The van der Waals surface area contributed by atoms with Gasteiger partial charge in [0.25, 0.3) is 5.56 Å². The first-order valence-electron chi connectivity index (χ1n) is 8.35.